The minimum Gasteiger partial charge on any atom is -0.480 e. The fraction of sp³-hybridized carbons (Fsp3) is 0.462. The number of ether oxygens (including phenoxy) is 1. The largest absolute Gasteiger partial charge is 0.480 e. The average molecular weight is 221 g/mol. The molecule has 16 heavy (non-hydrogen) atoms. The topological polar surface area (TPSA) is 52.3 Å². The van der Waals surface area contributed by atoms with Gasteiger partial charge in [0.2, 0.25) is 0 Å². The molecule has 0 saturated heterocycles. The van der Waals surface area contributed by atoms with Gasteiger partial charge in [-0.3, -0.25) is 4.79 Å². The van der Waals surface area contributed by atoms with E-state index < -0.39 is 12.0 Å². The lowest BCUT2D eigenvalue weighted by molar-refractivity contribution is -0.129. The highest BCUT2D eigenvalue weighted by atomic mass is 16.5. The zero-order valence-electron chi connectivity index (χ0n) is 10.1. The van der Waals surface area contributed by atoms with E-state index in [-0.39, 0.29) is 5.41 Å². The Kier molecular flexibility index (Phi) is 3.93. The summed E-state index contributed by atoms with van der Waals surface area (Å²) in [5.74, 6) is 0.253. The number of amides is 1. The molecule has 0 aromatic heterocycles. The first-order chi connectivity index (χ1) is 7.47. The zero-order valence-corrected chi connectivity index (χ0v) is 10.1. The molecule has 0 aliphatic heterocycles. The van der Waals surface area contributed by atoms with Crippen molar-refractivity contribution in [2.75, 3.05) is 0 Å². The van der Waals surface area contributed by atoms with E-state index in [2.05, 4.69) is 0 Å². The van der Waals surface area contributed by atoms with Gasteiger partial charge in [0.25, 0.3) is 5.91 Å². The second kappa shape index (κ2) is 5.01. The highest BCUT2D eigenvalue weighted by molar-refractivity contribution is 5.80. The molecule has 1 aromatic carbocycles. The molecule has 0 fully saturated rings. The average Bonchev–Trinajstić information content (AvgIpc) is 2.26. The summed E-state index contributed by atoms with van der Waals surface area (Å²) < 4.78 is 5.66. The third-order valence-electron chi connectivity index (χ3n) is 2.88. The number of hydrogen-bond donors (Lipinski definition) is 1. The second-order valence-corrected chi connectivity index (χ2v) is 4.56. The number of primary amides is 1. The Morgan fingerprint density at radius 2 is 1.94 bits per heavy atom. The second-order valence-electron chi connectivity index (χ2n) is 4.56. The van der Waals surface area contributed by atoms with E-state index >= 15 is 0 Å². The van der Waals surface area contributed by atoms with Crippen molar-refractivity contribution in [1.29, 1.82) is 0 Å². The molecule has 1 aromatic rings. The van der Waals surface area contributed by atoms with Gasteiger partial charge in [-0.25, -0.2) is 0 Å². The summed E-state index contributed by atoms with van der Waals surface area (Å²) in [5.41, 5.74) is 5.12. The van der Waals surface area contributed by atoms with Gasteiger partial charge in [0, 0.05) is 5.41 Å². The van der Waals surface area contributed by atoms with Crippen LogP contribution in [-0.2, 0) is 4.79 Å². The van der Waals surface area contributed by atoms with Gasteiger partial charge in [0.05, 0.1) is 0 Å². The molecule has 2 N–H and O–H groups in total. The number of nitrogens with two attached hydrogens (primary N) is 1. The molecule has 3 nitrogen and oxygen atoms in total. The smallest absolute Gasteiger partial charge is 0.259 e. The minimum atomic E-state index is -0.597. The van der Waals surface area contributed by atoms with E-state index in [0.29, 0.717) is 5.75 Å². The van der Waals surface area contributed by atoms with Crippen LogP contribution in [0.3, 0.4) is 0 Å². The lowest BCUT2D eigenvalue weighted by Gasteiger charge is -2.31. The van der Waals surface area contributed by atoms with Gasteiger partial charge in [0.15, 0.2) is 6.10 Å². The molecule has 88 valence electrons. The molecule has 1 atom stereocenters. The lowest BCUT2D eigenvalue weighted by Crippen LogP contribution is -2.44. The molecule has 0 heterocycles. The standard InChI is InChI=1S/C13H19NO2/c1-4-13(2,3)11(12(14)15)16-10-8-6-5-7-9-10/h5-9,11H,4H2,1-3H3,(H2,14,15). The number of rotatable bonds is 5. The third-order valence-corrected chi connectivity index (χ3v) is 2.88. The summed E-state index contributed by atoms with van der Waals surface area (Å²) in [6, 6.07) is 9.28. The molecule has 1 amide bonds. The minimum absolute atomic E-state index is 0.262. The van der Waals surface area contributed by atoms with Gasteiger partial charge >= 0.3 is 0 Å². The van der Waals surface area contributed by atoms with E-state index in [9.17, 15) is 4.79 Å². The number of hydrogen-bond acceptors (Lipinski definition) is 2. The van der Waals surface area contributed by atoms with Crippen molar-refractivity contribution in [3.05, 3.63) is 30.3 Å². The van der Waals surface area contributed by atoms with Crippen molar-refractivity contribution in [2.45, 2.75) is 33.3 Å². The summed E-state index contributed by atoms with van der Waals surface area (Å²) in [5, 5.41) is 0. The fourth-order valence-electron chi connectivity index (χ4n) is 1.42. The fourth-order valence-corrected chi connectivity index (χ4v) is 1.42. The molecular weight excluding hydrogens is 202 g/mol. The number of carbonyl (C=O) groups excluding carboxylic acids is 1. The van der Waals surface area contributed by atoms with Crippen molar-refractivity contribution in [3.8, 4) is 5.75 Å². The van der Waals surface area contributed by atoms with E-state index in [1.165, 1.54) is 0 Å². The maximum Gasteiger partial charge on any atom is 0.259 e. The summed E-state index contributed by atoms with van der Waals surface area (Å²) in [6.07, 6.45) is 0.230. The highest BCUT2D eigenvalue weighted by Gasteiger charge is 2.34. The van der Waals surface area contributed by atoms with Crippen LogP contribution >= 0.6 is 0 Å². The highest BCUT2D eigenvalue weighted by Crippen LogP contribution is 2.28. The van der Waals surface area contributed by atoms with Crippen LogP contribution in [0.2, 0.25) is 0 Å². The molecule has 3 heteroatoms. The zero-order chi connectivity index (χ0) is 12.2. The molecular formula is C13H19NO2. The normalized spacial score (nSPS) is 13.2. The van der Waals surface area contributed by atoms with Crippen LogP contribution in [0.1, 0.15) is 27.2 Å². The summed E-state index contributed by atoms with van der Waals surface area (Å²) in [6.45, 7) is 5.97. The molecule has 1 unspecified atom stereocenters. The van der Waals surface area contributed by atoms with Crippen LogP contribution in [0.15, 0.2) is 30.3 Å². The first-order valence-electron chi connectivity index (χ1n) is 5.48. The van der Waals surface area contributed by atoms with Gasteiger partial charge in [-0.15, -0.1) is 0 Å². The third kappa shape index (κ3) is 2.99. The van der Waals surface area contributed by atoms with Crippen LogP contribution in [0.4, 0.5) is 0 Å². The van der Waals surface area contributed by atoms with Gasteiger partial charge in [-0.1, -0.05) is 39.0 Å². The molecule has 0 aliphatic rings. The Morgan fingerprint density at radius 3 is 2.38 bits per heavy atom. The van der Waals surface area contributed by atoms with Crippen LogP contribution in [-0.4, -0.2) is 12.0 Å². The van der Waals surface area contributed by atoms with Crippen molar-refractivity contribution in [2.24, 2.45) is 11.1 Å². The SMILES string of the molecule is CCC(C)(C)C(Oc1ccccc1)C(N)=O. The predicted molar refractivity (Wildman–Crippen MR) is 64.1 cm³/mol. The van der Waals surface area contributed by atoms with E-state index in [1.807, 2.05) is 51.1 Å². The Hall–Kier alpha value is -1.51. The van der Waals surface area contributed by atoms with Crippen LogP contribution in [0, 0.1) is 5.41 Å². The first kappa shape index (κ1) is 12.6. The van der Waals surface area contributed by atoms with Gasteiger partial charge in [-0.2, -0.15) is 0 Å². The van der Waals surface area contributed by atoms with Crippen LogP contribution in [0.5, 0.6) is 5.75 Å². The maximum atomic E-state index is 11.4. The summed E-state index contributed by atoms with van der Waals surface area (Å²) >= 11 is 0. The summed E-state index contributed by atoms with van der Waals surface area (Å²) in [4.78, 5) is 11.4. The van der Waals surface area contributed by atoms with Gasteiger partial charge in [-0.05, 0) is 18.6 Å². The van der Waals surface area contributed by atoms with Gasteiger partial charge in [0.1, 0.15) is 5.75 Å². The quantitative estimate of drug-likeness (QED) is 0.829. The maximum absolute atomic E-state index is 11.4. The monoisotopic (exact) mass is 221 g/mol. The molecule has 0 bridgehead atoms. The van der Waals surface area contributed by atoms with Crippen molar-refractivity contribution >= 4 is 5.91 Å². The van der Waals surface area contributed by atoms with Crippen molar-refractivity contribution in [1.82, 2.24) is 0 Å². The van der Waals surface area contributed by atoms with Crippen molar-refractivity contribution < 1.29 is 9.53 Å². The number of benzene rings is 1. The van der Waals surface area contributed by atoms with Gasteiger partial charge < -0.3 is 10.5 Å². The Balaban J connectivity index is 2.85. The lowest BCUT2D eigenvalue weighted by atomic mass is 9.83. The summed E-state index contributed by atoms with van der Waals surface area (Å²) in [7, 11) is 0. The first-order valence-corrected chi connectivity index (χ1v) is 5.48. The van der Waals surface area contributed by atoms with E-state index in [4.69, 9.17) is 10.5 Å². The predicted octanol–water partition coefficient (Wildman–Crippen LogP) is 2.36. The molecule has 1 rings (SSSR count). The van der Waals surface area contributed by atoms with E-state index in [1.54, 1.807) is 0 Å². The molecule has 0 saturated carbocycles. The van der Waals surface area contributed by atoms with Crippen LogP contribution < -0.4 is 10.5 Å². The Morgan fingerprint density at radius 1 is 1.38 bits per heavy atom. The number of carbonyl (C=O) groups is 1. The van der Waals surface area contributed by atoms with E-state index in [0.717, 1.165) is 6.42 Å². The number of para-hydroxylation sites is 1. The molecule has 0 spiro atoms. The van der Waals surface area contributed by atoms with Crippen molar-refractivity contribution in [3.63, 3.8) is 0 Å². The Labute approximate surface area is 96.6 Å². The Bertz CT molecular complexity index is 346. The van der Waals surface area contributed by atoms with Crippen LogP contribution in [0.25, 0.3) is 0 Å². The molecule has 0 aliphatic carbocycles. The molecule has 0 radical (unpaired) electrons.